The summed E-state index contributed by atoms with van der Waals surface area (Å²) in [6.07, 6.45) is 0. The summed E-state index contributed by atoms with van der Waals surface area (Å²) in [5, 5.41) is 4.12. The smallest absolute Gasteiger partial charge is 0.342 e. The standard InChI is InChI=1S/C32H29N3O2PS/c1-5-37-32(36)29-23(3)35-31-28(22(2)24(4)39-31)30(29)33-21-34-38(25-15-9-6-10-16-25,26-17-11-7-12-18-26)27-19-13-8-14-20-27/h6-20H,5H2,1-4H3/q+1. The van der Waals surface area contributed by atoms with Gasteiger partial charge in [0.2, 0.25) is 7.41 Å². The molecule has 0 amide bonds. The highest BCUT2D eigenvalue weighted by Crippen LogP contribution is 2.56. The molecule has 0 N–H and O–H groups in total. The zero-order chi connectivity index (χ0) is 27.4. The molecule has 39 heavy (non-hydrogen) atoms. The van der Waals surface area contributed by atoms with Gasteiger partial charge in [-0.15, -0.1) is 11.3 Å². The third-order valence-electron chi connectivity index (χ3n) is 6.70. The molecule has 0 aliphatic carbocycles. The Bertz CT molecular complexity index is 1600. The topological polar surface area (TPSA) is 63.9 Å². The number of aryl methyl sites for hydroxylation is 3. The summed E-state index contributed by atoms with van der Waals surface area (Å²) in [6, 6.07) is 34.0. The van der Waals surface area contributed by atoms with E-state index in [-0.39, 0.29) is 6.61 Å². The van der Waals surface area contributed by atoms with Crippen molar-refractivity contribution in [1.82, 2.24) is 4.98 Å². The Labute approximate surface area is 233 Å². The van der Waals surface area contributed by atoms with Crippen LogP contribution in [0.3, 0.4) is 0 Å². The second kappa shape index (κ2) is 11.4. The molecule has 0 saturated heterocycles. The van der Waals surface area contributed by atoms with Gasteiger partial charge in [0.1, 0.15) is 38.0 Å². The van der Waals surface area contributed by atoms with Gasteiger partial charge in [-0.2, -0.15) is 4.99 Å². The molecule has 0 aliphatic heterocycles. The number of rotatable bonds is 7. The van der Waals surface area contributed by atoms with Gasteiger partial charge in [0.25, 0.3) is 0 Å². The fourth-order valence-electron chi connectivity index (χ4n) is 4.72. The number of carbonyl (C=O) groups excluding carboxylic acids is 1. The number of hydrogen-bond donors (Lipinski definition) is 0. The number of aromatic nitrogens is 1. The quantitative estimate of drug-likeness (QED) is 0.123. The second-order valence-corrected chi connectivity index (χ2v) is 13.3. The number of hydrogen-bond acceptors (Lipinski definition) is 6. The first-order valence-electron chi connectivity index (χ1n) is 12.8. The van der Waals surface area contributed by atoms with Crippen molar-refractivity contribution in [2.45, 2.75) is 27.7 Å². The average molecular weight is 551 g/mol. The van der Waals surface area contributed by atoms with E-state index in [2.05, 4.69) is 49.3 Å². The molecule has 0 atom stereocenters. The third-order valence-corrected chi connectivity index (χ3v) is 11.3. The average Bonchev–Trinajstić information content (AvgIpc) is 3.24. The highest BCUT2D eigenvalue weighted by atomic mass is 32.1. The van der Waals surface area contributed by atoms with Crippen LogP contribution < -0.4 is 15.9 Å². The number of nitrogens with zero attached hydrogens (tertiary/aromatic N) is 3. The number of thiophene rings is 1. The largest absolute Gasteiger partial charge is 0.462 e. The van der Waals surface area contributed by atoms with Crippen LogP contribution in [0.15, 0.2) is 101 Å². The number of fused-ring (bicyclic) bond motifs is 1. The zero-order valence-electron chi connectivity index (χ0n) is 22.4. The van der Waals surface area contributed by atoms with Gasteiger partial charge in [0, 0.05) is 10.3 Å². The van der Waals surface area contributed by atoms with E-state index in [1.54, 1.807) is 18.3 Å². The maximum absolute atomic E-state index is 13.1. The van der Waals surface area contributed by atoms with Gasteiger partial charge in [-0.1, -0.05) is 54.6 Å². The molecule has 0 saturated carbocycles. The Morgan fingerprint density at radius 3 is 1.87 bits per heavy atom. The molecule has 3 aromatic carbocycles. The van der Waals surface area contributed by atoms with Crippen molar-refractivity contribution in [2.75, 3.05) is 6.61 Å². The van der Waals surface area contributed by atoms with E-state index < -0.39 is 13.4 Å². The molecule has 5 aromatic rings. The number of pyridine rings is 1. The van der Waals surface area contributed by atoms with Gasteiger partial charge in [-0.05, 0) is 74.4 Å². The van der Waals surface area contributed by atoms with Gasteiger partial charge >= 0.3 is 5.97 Å². The van der Waals surface area contributed by atoms with Crippen molar-refractivity contribution in [3.8, 4) is 0 Å². The van der Waals surface area contributed by atoms with E-state index in [1.165, 1.54) is 0 Å². The molecule has 0 unspecified atom stereocenters. The first-order chi connectivity index (χ1) is 19.0. The van der Waals surface area contributed by atoms with Crippen molar-refractivity contribution in [2.24, 2.45) is 9.76 Å². The van der Waals surface area contributed by atoms with Crippen LogP contribution >= 0.6 is 18.7 Å². The maximum atomic E-state index is 13.1. The Morgan fingerprint density at radius 1 is 0.872 bits per heavy atom. The molecule has 5 rings (SSSR count). The lowest BCUT2D eigenvalue weighted by Gasteiger charge is -2.20. The summed E-state index contributed by atoms with van der Waals surface area (Å²) in [7, 11) is -2.53. The highest BCUT2D eigenvalue weighted by molar-refractivity contribution is 7.94. The first kappa shape index (κ1) is 26.6. The molecule has 5 nitrogen and oxygen atoms in total. The molecule has 0 fully saturated rings. The van der Waals surface area contributed by atoms with Gasteiger partial charge < -0.3 is 4.74 Å². The van der Waals surface area contributed by atoms with Gasteiger partial charge in [0.05, 0.1) is 12.3 Å². The van der Waals surface area contributed by atoms with E-state index in [0.717, 1.165) is 36.6 Å². The predicted molar refractivity (Wildman–Crippen MR) is 164 cm³/mol. The molecule has 194 valence electrons. The van der Waals surface area contributed by atoms with E-state index in [4.69, 9.17) is 19.5 Å². The summed E-state index contributed by atoms with van der Waals surface area (Å²) in [4.78, 5) is 24.6. The van der Waals surface area contributed by atoms with E-state index in [0.29, 0.717) is 16.9 Å². The van der Waals surface area contributed by atoms with Crippen LogP contribution in [-0.4, -0.2) is 23.6 Å². The lowest BCUT2D eigenvalue weighted by molar-refractivity contribution is 0.0526. The van der Waals surface area contributed by atoms with Gasteiger partial charge in [-0.3, -0.25) is 0 Å². The SMILES string of the molecule is CCOC(=O)c1c(C)nc2sc(C)c(C)c2c1N=C=N[P+](c1ccccc1)(c1ccccc1)c1ccccc1. The van der Waals surface area contributed by atoms with Gasteiger partial charge in [0.15, 0.2) is 0 Å². The minimum absolute atomic E-state index is 0.264. The van der Waals surface area contributed by atoms with Crippen LogP contribution in [0, 0.1) is 20.8 Å². The van der Waals surface area contributed by atoms with Crippen molar-refractivity contribution in [3.05, 3.63) is 113 Å². The van der Waals surface area contributed by atoms with Crippen molar-refractivity contribution in [3.63, 3.8) is 0 Å². The Morgan fingerprint density at radius 2 is 1.38 bits per heavy atom. The fourth-order valence-corrected chi connectivity index (χ4v) is 9.03. The monoisotopic (exact) mass is 550 g/mol. The van der Waals surface area contributed by atoms with Crippen LogP contribution in [0.5, 0.6) is 0 Å². The van der Waals surface area contributed by atoms with E-state index in [1.807, 2.05) is 68.4 Å². The zero-order valence-corrected chi connectivity index (χ0v) is 24.1. The lowest BCUT2D eigenvalue weighted by atomic mass is 10.1. The van der Waals surface area contributed by atoms with E-state index >= 15 is 0 Å². The maximum Gasteiger partial charge on any atom is 0.342 e. The van der Waals surface area contributed by atoms with Crippen molar-refractivity contribution < 1.29 is 9.53 Å². The summed E-state index contributed by atoms with van der Waals surface area (Å²) in [6.45, 7) is 7.97. The van der Waals surface area contributed by atoms with Crippen LogP contribution in [0.2, 0.25) is 0 Å². The number of ether oxygens (including phenoxy) is 1. The molecule has 0 radical (unpaired) electrons. The van der Waals surface area contributed by atoms with Crippen LogP contribution in [0.1, 0.15) is 33.4 Å². The van der Waals surface area contributed by atoms with Crippen molar-refractivity contribution in [1.29, 1.82) is 0 Å². The minimum atomic E-state index is -2.53. The van der Waals surface area contributed by atoms with Crippen LogP contribution in [0.25, 0.3) is 10.2 Å². The molecule has 2 aromatic heterocycles. The highest BCUT2D eigenvalue weighted by Gasteiger charge is 2.46. The normalized spacial score (nSPS) is 11.2. The minimum Gasteiger partial charge on any atom is -0.462 e. The van der Waals surface area contributed by atoms with Crippen molar-refractivity contribution >= 4 is 62.5 Å². The number of benzene rings is 3. The summed E-state index contributed by atoms with van der Waals surface area (Å²) in [5.74, 6) is -0.441. The first-order valence-corrected chi connectivity index (χ1v) is 15.3. The number of esters is 1. The summed E-state index contributed by atoms with van der Waals surface area (Å²) >= 11 is 1.60. The Kier molecular flexibility index (Phi) is 7.81. The molecule has 0 bridgehead atoms. The number of carbonyl (C=O) groups is 1. The fraction of sp³-hybridized carbons (Fsp3) is 0.156. The molecule has 7 heteroatoms. The molecule has 2 heterocycles. The molecular formula is C32H29N3O2PS+. The molecule has 0 spiro atoms. The Balaban J connectivity index is 1.83. The predicted octanol–water partition coefficient (Wildman–Crippen LogP) is 7.11. The molecule has 0 aliphatic rings. The Hall–Kier alpha value is -3.95. The van der Waals surface area contributed by atoms with Crippen LogP contribution in [0.4, 0.5) is 5.69 Å². The summed E-state index contributed by atoms with van der Waals surface area (Å²) in [5.41, 5.74) is 2.49. The third kappa shape index (κ3) is 4.95. The molecular weight excluding hydrogens is 521 g/mol. The lowest BCUT2D eigenvalue weighted by Crippen LogP contribution is -2.29. The van der Waals surface area contributed by atoms with Gasteiger partial charge in [-0.25, -0.2) is 9.78 Å². The van der Waals surface area contributed by atoms with E-state index in [9.17, 15) is 4.79 Å². The number of aliphatic imine (C=N–C) groups is 1. The summed E-state index contributed by atoms with van der Waals surface area (Å²) < 4.78 is 10.6. The second-order valence-electron chi connectivity index (χ2n) is 9.06. The van der Waals surface area contributed by atoms with Crippen LogP contribution in [-0.2, 0) is 4.74 Å².